The first-order chi connectivity index (χ1) is 15.7. The summed E-state index contributed by atoms with van der Waals surface area (Å²) in [7, 11) is 0. The van der Waals surface area contributed by atoms with Crippen molar-refractivity contribution in [3.05, 3.63) is 96.7 Å². The van der Waals surface area contributed by atoms with Gasteiger partial charge in [0.2, 0.25) is 0 Å². The number of ether oxygens (including phenoxy) is 1. The van der Waals surface area contributed by atoms with E-state index >= 15 is 0 Å². The van der Waals surface area contributed by atoms with Crippen LogP contribution in [0.2, 0.25) is 0 Å². The van der Waals surface area contributed by atoms with Crippen LogP contribution >= 0.6 is 0 Å². The molecule has 4 aromatic rings. The molecule has 3 aromatic carbocycles. The minimum Gasteiger partial charge on any atom is -0.494 e. The summed E-state index contributed by atoms with van der Waals surface area (Å²) in [6, 6.07) is 21.4. The van der Waals surface area contributed by atoms with E-state index in [9.17, 15) is 0 Å². The fourth-order valence-corrected chi connectivity index (χ4v) is 4.58. The predicted octanol–water partition coefficient (Wildman–Crippen LogP) is 8.44. The van der Waals surface area contributed by atoms with Gasteiger partial charge in [-0.1, -0.05) is 93.9 Å². The number of hydrogen-bond donors (Lipinski definition) is 0. The number of aromatic nitrogens is 1. The lowest BCUT2D eigenvalue weighted by atomic mass is 9.91. The molecule has 0 aliphatic rings. The van der Waals surface area contributed by atoms with Gasteiger partial charge in [-0.05, 0) is 41.3 Å². The molecular weight excluding hydrogens is 390 g/mol. The van der Waals surface area contributed by atoms with Gasteiger partial charge in [-0.2, -0.15) is 0 Å². The summed E-state index contributed by atoms with van der Waals surface area (Å²) in [5.41, 5.74) is 5.74. The summed E-state index contributed by atoms with van der Waals surface area (Å²) in [6.07, 6.45) is 7.32. The molecule has 0 fully saturated rings. The summed E-state index contributed by atoms with van der Waals surface area (Å²) in [5, 5.41) is 3.59. The Morgan fingerprint density at radius 1 is 0.750 bits per heavy atom. The van der Waals surface area contributed by atoms with Crippen molar-refractivity contribution in [2.45, 2.75) is 46.1 Å². The normalized spacial score (nSPS) is 11.2. The second-order valence-corrected chi connectivity index (χ2v) is 8.35. The van der Waals surface area contributed by atoms with Gasteiger partial charge < -0.3 is 9.30 Å². The van der Waals surface area contributed by atoms with Crippen LogP contribution in [-0.4, -0.2) is 11.2 Å². The van der Waals surface area contributed by atoms with Crippen LogP contribution in [0.25, 0.3) is 33.0 Å². The topological polar surface area (TPSA) is 14.2 Å². The highest BCUT2D eigenvalue weighted by Gasteiger charge is 2.16. The molecule has 0 saturated carbocycles. The quantitative estimate of drug-likeness (QED) is 0.184. The van der Waals surface area contributed by atoms with Gasteiger partial charge in [0.15, 0.2) is 0 Å². The molecule has 0 amide bonds. The zero-order valence-electron chi connectivity index (χ0n) is 19.4. The number of rotatable bonds is 10. The average molecular weight is 424 g/mol. The van der Waals surface area contributed by atoms with E-state index in [2.05, 4.69) is 91.5 Å². The molecule has 0 spiro atoms. The molecule has 0 N–H and O–H groups in total. The van der Waals surface area contributed by atoms with E-state index in [0.29, 0.717) is 12.4 Å². The molecule has 2 nitrogen and oxygen atoms in total. The van der Waals surface area contributed by atoms with Crippen molar-refractivity contribution in [1.82, 2.24) is 4.57 Å². The maximum atomic E-state index is 5.72. The Kier molecular flexibility index (Phi) is 6.80. The fraction of sp³-hybridized carbons (Fsp3) is 0.267. The molecule has 1 aromatic heterocycles. The van der Waals surface area contributed by atoms with Crippen LogP contribution in [0.15, 0.2) is 80.0 Å². The fourth-order valence-electron chi connectivity index (χ4n) is 4.58. The molecule has 1 heterocycles. The summed E-state index contributed by atoms with van der Waals surface area (Å²) < 4.78 is 8.12. The number of fused-ring (bicyclic) bond motifs is 2. The molecule has 0 saturated heterocycles. The number of nitrogens with zero attached hydrogens (tertiary/aromatic N) is 1. The molecule has 0 radical (unpaired) electrons. The minimum absolute atomic E-state index is 0.610. The van der Waals surface area contributed by atoms with Crippen molar-refractivity contribution in [2.24, 2.45) is 0 Å². The number of para-hydroxylation sites is 1. The van der Waals surface area contributed by atoms with Gasteiger partial charge in [0.1, 0.15) is 5.76 Å². The Balaban J connectivity index is 1.77. The summed E-state index contributed by atoms with van der Waals surface area (Å²) in [5.74, 6) is 0.713. The summed E-state index contributed by atoms with van der Waals surface area (Å²) >= 11 is 0. The maximum absolute atomic E-state index is 5.72. The third kappa shape index (κ3) is 4.23. The zero-order chi connectivity index (χ0) is 22.5. The molecule has 2 heteroatoms. The van der Waals surface area contributed by atoms with Crippen molar-refractivity contribution in [3.63, 3.8) is 0 Å². The van der Waals surface area contributed by atoms with Crippen LogP contribution < -0.4 is 0 Å². The highest BCUT2D eigenvalue weighted by Crippen LogP contribution is 2.36. The molecule has 0 aliphatic carbocycles. The van der Waals surface area contributed by atoms with Crippen LogP contribution in [0.5, 0.6) is 0 Å². The van der Waals surface area contributed by atoms with E-state index in [0.717, 1.165) is 28.6 Å². The lowest BCUT2D eigenvalue weighted by Gasteiger charge is -2.15. The number of aryl methyl sites for hydroxylation is 1. The maximum Gasteiger partial charge on any atom is 0.119 e. The predicted molar refractivity (Wildman–Crippen MR) is 139 cm³/mol. The molecular formula is C30H33NO. The van der Waals surface area contributed by atoms with Crippen molar-refractivity contribution in [1.29, 1.82) is 0 Å². The van der Waals surface area contributed by atoms with Gasteiger partial charge in [-0.15, -0.1) is 0 Å². The smallest absolute Gasteiger partial charge is 0.119 e. The Morgan fingerprint density at radius 2 is 1.41 bits per heavy atom. The number of unbranched alkanes of at least 4 members (excludes halogenated alkanes) is 3. The molecule has 0 bridgehead atoms. The Hall–Kier alpha value is -3.26. The SMILES string of the molecule is C=C(OCC)c1ccc(C(=C)c2cn(CCCCCC)c3ccccc23)c2ccccc12. The summed E-state index contributed by atoms with van der Waals surface area (Å²) in [4.78, 5) is 0. The van der Waals surface area contributed by atoms with E-state index in [1.165, 1.54) is 47.5 Å². The first kappa shape index (κ1) is 22.0. The first-order valence-electron chi connectivity index (χ1n) is 11.8. The molecule has 4 rings (SSSR count). The molecule has 0 atom stereocenters. The van der Waals surface area contributed by atoms with E-state index in [1.54, 1.807) is 0 Å². The van der Waals surface area contributed by atoms with Crippen molar-refractivity contribution in [2.75, 3.05) is 6.61 Å². The van der Waals surface area contributed by atoms with E-state index in [4.69, 9.17) is 4.74 Å². The number of hydrogen-bond acceptors (Lipinski definition) is 1. The third-order valence-electron chi connectivity index (χ3n) is 6.23. The number of benzene rings is 3. The second kappa shape index (κ2) is 9.91. The van der Waals surface area contributed by atoms with Gasteiger partial charge in [-0.25, -0.2) is 0 Å². The third-order valence-corrected chi connectivity index (χ3v) is 6.23. The van der Waals surface area contributed by atoms with Crippen LogP contribution in [0.1, 0.15) is 56.2 Å². The van der Waals surface area contributed by atoms with Gasteiger partial charge in [0, 0.05) is 34.8 Å². The van der Waals surface area contributed by atoms with E-state index in [1.807, 2.05) is 6.92 Å². The van der Waals surface area contributed by atoms with Crippen LogP contribution in [-0.2, 0) is 11.3 Å². The van der Waals surface area contributed by atoms with Gasteiger partial charge in [0.05, 0.1) is 6.61 Å². The van der Waals surface area contributed by atoms with Gasteiger partial charge >= 0.3 is 0 Å². The highest BCUT2D eigenvalue weighted by molar-refractivity contribution is 6.05. The average Bonchev–Trinajstić information content (AvgIpc) is 3.19. The molecule has 0 aliphatic heterocycles. The largest absolute Gasteiger partial charge is 0.494 e. The molecule has 0 unspecified atom stereocenters. The first-order valence-corrected chi connectivity index (χ1v) is 11.8. The van der Waals surface area contributed by atoms with E-state index in [-0.39, 0.29) is 0 Å². The molecule has 164 valence electrons. The monoisotopic (exact) mass is 423 g/mol. The van der Waals surface area contributed by atoms with Crippen LogP contribution in [0.4, 0.5) is 0 Å². The lowest BCUT2D eigenvalue weighted by molar-refractivity contribution is 0.299. The summed E-state index contributed by atoms with van der Waals surface area (Å²) in [6.45, 7) is 14.6. The lowest BCUT2D eigenvalue weighted by Crippen LogP contribution is -1.96. The van der Waals surface area contributed by atoms with Crippen LogP contribution in [0, 0.1) is 0 Å². The zero-order valence-corrected chi connectivity index (χ0v) is 19.4. The van der Waals surface area contributed by atoms with Crippen molar-refractivity contribution < 1.29 is 4.74 Å². The minimum atomic E-state index is 0.610. The van der Waals surface area contributed by atoms with Gasteiger partial charge in [0.25, 0.3) is 0 Å². The van der Waals surface area contributed by atoms with Crippen molar-refractivity contribution >= 4 is 33.0 Å². The highest BCUT2D eigenvalue weighted by atomic mass is 16.5. The van der Waals surface area contributed by atoms with Gasteiger partial charge in [-0.3, -0.25) is 0 Å². The Bertz CT molecular complexity index is 1260. The Labute approximate surface area is 191 Å². The Morgan fingerprint density at radius 3 is 2.12 bits per heavy atom. The van der Waals surface area contributed by atoms with Crippen LogP contribution in [0.3, 0.4) is 0 Å². The van der Waals surface area contributed by atoms with E-state index < -0.39 is 0 Å². The van der Waals surface area contributed by atoms with Crippen molar-refractivity contribution in [3.8, 4) is 0 Å². The second-order valence-electron chi connectivity index (χ2n) is 8.35. The molecule has 32 heavy (non-hydrogen) atoms. The standard InChI is InChI=1S/C30H33NO/c1-5-7-8-13-20-31-21-29(28-16-11-12-17-30(28)31)22(3)24-18-19-25(23(4)32-6-2)27-15-10-9-14-26(24)27/h9-12,14-19,21H,3-8,13,20H2,1-2H3.